The summed E-state index contributed by atoms with van der Waals surface area (Å²) in [7, 11) is 0. The maximum atomic E-state index is 12.9. The number of esters is 1. The molecule has 11 heteroatoms. The van der Waals surface area contributed by atoms with Crippen LogP contribution in [0.2, 0.25) is 0 Å². The number of ether oxygens (including phenoxy) is 1. The van der Waals surface area contributed by atoms with Crippen molar-refractivity contribution in [3.8, 4) is 0 Å². The summed E-state index contributed by atoms with van der Waals surface area (Å²) in [5.74, 6) is -0.949. The van der Waals surface area contributed by atoms with E-state index >= 15 is 0 Å². The largest absolute Gasteiger partial charge is 0.454 e. The Labute approximate surface area is 171 Å². The molecule has 0 bridgehead atoms. The summed E-state index contributed by atoms with van der Waals surface area (Å²) in [5.41, 5.74) is 6.48. The van der Waals surface area contributed by atoms with Crippen LogP contribution < -0.4 is 5.73 Å². The highest BCUT2D eigenvalue weighted by atomic mass is 16.5. The summed E-state index contributed by atoms with van der Waals surface area (Å²) >= 11 is 0. The van der Waals surface area contributed by atoms with Gasteiger partial charge in [-0.3, -0.25) is 9.69 Å². The Hall–Kier alpha value is -3.89. The molecule has 1 fully saturated rings. The van der Waals surface area contributed by atoms with Gasteiger partial charge in [0.25, 0.3) is 5.91 Å². The second-order valence-electron chi connectivity index (χ2n) is 6.84. The number of primary amides is 1. The number of urea groups is 1. The minimum Gasteiger partial charge on any atom is -0.454 e. The summed E-state index contributed by atoms with van der Waals surface area (Å²) in [6.45, 7) is 0.406. The molecule has 2 unspecified atom stereocenters. The van der Waals surface area contributed by atoms with Gasteiger partial charge in [-0.25, -0.2) is 29.5 Å². The third-order valence-corrected chi connectivity index (χ3v) is 4.99. The normalized spacial score (nSPS) is 21.3. The molecule has 2 atom stereocenters. The Morgan fingerprint density at radius 2 is 1.93 bits per heavy atom. The van der Waals surface area contributed by atoms with Gasteiger partial charge in [-0.1, -0.05) is 0 Å². The van der Waals surface area contributed by atoms with Crippen molar-refractivity contribution in [1.29, 1.82) is 0 Å². The number of rotatable bonds is 3. The van der Waals surface area contributed by atoms with Gasteiger partial charge in [0, 0.05) is 31.2 Å². The van der Waals surface area contributed by atoms with Crippen molar-refractivity contribution in [3.05, 3.63) is 54.6 Å². The number of nitrogens with zero attached hydrogens (tertiary/aromatic N) is 6. The van der Waals surface area contributed by atoms with Gasteiger partial charge >= 0.3 is 12.0 Å². The molecule has 154 valence electrons. The number of carbonyl (C=O) groups is 3. The molecule has 0 saturated carbocycles. The average molecular weight is 409 g/mol. The first-order valence-corrected chi connectivity index (χ1v) is 9.39. The van der Waals surface area contributed by atoms with E-state index in [4.69, 9.17) is 10.5 Å². The number of carbonyl (C=O) groups excluding carboxylic acids is 3. The highest BCUT2D eigenvalue weighted by Gasteiger charge is 2.45. The Balaban J connectivity index is 1.72. The molecule has 0 radical (unpaired) electrons. The van der Waals surface area contributed by atoms with E-state index in [1.807, 2.05) is 0 Å². The van der Waals surface area contributed by atoms with Crippen LogP contribution >= 0.6 is 0 Å². The van der Waals surface area contributed by atoms with Crippen LogP contribution in [0.4, 0.5) is 4.79 Å². The molecular formula is C19H19N7O4. The van der Waals surface area contributed by atoms with Gasteiger partial charge in [0.1, 0.15) is 18.8 Å². The van der Waals surface area contributed by atoms with E-state index < -0.39 is 24.3 Å². The molecular weight excluding hydrogens is 390 g/mol. The minimum absolute atomic E-state index is 0.174. The molecule has 30 heavy (non-hydrogen) atoms. The summed E-state index contributed by atoms with van der Waals surface area (Å²) < 4.78 is 5.72. The number of hydrogen-bond donors (Lipinski definition) is 1. The van der Waals surface area contributed by atoms with Gasteiger partial charge in [-0.2, -0.15) is 0 Å². The molecule has 3 amide bonds. The Kier molecular flexibility index (Phi) is 5.33. The van der Waals surface area contributed by atoms with Crippen molar-refractivity contribution in [2.24, 2.45) is 5.73 Å². The molecule has 11 nitrogen and oxygen atoms in total. The number of nitrogens with two attached hydrogens (primary N) is 1. The Morgan fingerprint density at radius 3 is 2.63 bits per heavy atom. The lowest BCUT2D eigenvalue weighted by atomic mass is 10.1. The molecule has 0 aliphatic carbocycles. The lowest BCUT2D eigenvalue weighted by molar-refractivity contribution is -0.135. The Bertz CT molecular complexity index is 983. The SMILES string of the molecule is NC(=O)N1C(c2ccncn2)=CC(=O)N2CCCCC(OC(=O)c3cncnc3)C21. The van der Waals surface area contributed by atoms with Crippen molar-refractivity contribution in [2.75, 3.05) is 6.54 Å². The first-order chi connectivity index (χ1) is 14.6. The summed E-state index contributed by atoms with van der Waals surface area (Å²) in [6.07, 6.45) is 8.30. The minimum atomic E-state index is -0.888. The zero-order valence-corrected chi connectivity index (χ0v) is 15.9. The lowest BCUT2D eigenvalue weighted by Crippen LogP contribution is -2.61. The van der Waals surface area contributed by atoms with E-state index in [-0.39, 0.29) is 17.2 Å². The van der Waals surface area contributed by atoms with Crippen LogP contribution in [0.5, 0.6) is 0 Å². The average Bonchev–Trinajstić information content (AvgIpc) is 2.97. The highest BCUT2D eigenvalue weighted by molar-refractivity contribution is 6.00. The highest BCUT2D eigenvalue weighted by Crippen LogP contribution is 2.33. The summed E-state index contributed by atoms with van der Waals surface area (Å²) in [6, 6.07) is 0.789. The van der Waals surface area contributed by atoms with Gasteiger partial charge in [-0.05, 0) is 25.3 Å². The summed E-state index contributed by atoms with van der Waals surface area (Å²) in [4.78, 5) is 56.4. The van der Waals surface area contributed by atoms with Crippen LogP contribution in [-0.4, -0.2) is 66.5 Å². The molecule has 0 aromatic carbocycles. The molecule has 2 N–H and O–H groups in total. The maximum Gasteiger partial charge on any atom is 0.341 e. The number of aromatic nitrogens is 4. The fraction of sp³-hybridized carbons (Fsp3) is 0.316. The number of fused-ring (bicyclic) bond motifs is 1. The van der Waals surface area contributed by atoms with Gasteiger partial charge < -0.3 is 15.4 Å². The van der Waals surface area contributed by atoms with Crippen molar-refractivity contribution < 1.29 is 19.1 Å². The smallest absolute Gasteiger partial charge is 0.341 e. The van der Waals surface area contributed by atoms with Gasteiger partial charge in [0.05, 0.1) is 17.0 Å². The number of hydrogen-bond acceptors (Lipinski definition) is 8. The summed E-state index contributed by atoms with van der Waals surface area (Å²) in [5, 5.41) is 0. The van der Waals surface area contributed by atoms with Crippen LogP contribution in [0.1, 0.15) is 35.3 Å². The van der Waals surface area contributed by atoms with E-state index in [9.17, 15) is 14.4 Å². The van der Waals surface area contributed by atoms with E-state index in [0.717, 1.165) is 0 Å². The predicted octanol–water partition coefficient (Wildman–Crippen LogP) is 0.566. The van der Waals surface area contributed by atoms with Crippen LogP contribution in [-0.2, 0) is 9.53 Å². The second kappa shape index (κ2) is 8.23. The van der Waals surface area contributed by atoms with Crippen molar-refractivity contribution in [3.63, 3.8) is 0 Å². The van der Waals surface area contributed by atoms with E-state index in [0.29, 0.717) is 31.5 Å². The first-order valence-electron chi connectivity index (χ1n) is 9.39. The van der Waals surface area contributed by atoms with Crippen LogP contribution in [0.3, 0.4) is 0 Å². The molecule has 2 aliphatic rings. The standard InChI is InChI=1S/C19H19N7O4/c20-19(29)26-14(13-4-5-21-11-24-13)7-16(27)25-6-2-1-3-15(17(25)26)30-18(28)12-8-22-10-23-9-12/h4-5,7-11,15,17H,1-3,6H2,(H2,20,29). The second-order valence-corrected chi connectivity index (χ2v) is 6.84. The van der Waals surface area contributed by atoms with E-state index in [1.54, 1.807) is 6.07 Å². The van der Waals surface area contributed by atoms with Crippen molar-refractivity contribution >= 4 is 23.6 Å². The third-order valence-electron chi connectivity index (χ3n) is 4.99. The Morgan fingerprint density at radius 1 is 1.13 bits per heavy atom. The molecule has 2 aliphatic heterocycles. The van der Waals surface area contributed by atoms with Gasteiger partial charge in [0.2, 0.25) is 0 Å². The molecule has 1 saturated heterocycles. The maximum absolute atomic E-state index is 12.9. The van der Waals surface area contributed by atoms with Crippen molar-refractivity contribution in [1.82, 2.24) is 29.7 Å². The molecule has 4 heterocycles. The molecule has 0 spiro atoms. The van der Waals surface area contributed by atoms with E-state index in [1.165, 1.54) is 47.1 Å². The molecule has 2 aromatic rings. The fourth-order valence-corrected chi connectivity index (χ4v) is 3.69. The van der Waals surface area contributed by atoms with Crippen LogP contribution in [0, 0.1) is 0 Å². The third kappa shape index (κ3) is 3.69. The topological polar surface area (TPSA) is 144 Å². The zero-order valence-electron chi connectivity index (χ0n) is 15.9. The quantitative estimate of drug-likeness (QED) is 0.724. The fourth-order valence-electron chi connectivity index (χ4n) is 3.69. The zero-order chi connectivity index (χ0) is 21.1. The molecule has 4 rings (SSSR count). The number of amides is 3. The van der Waals surface area contributed by atoms with Crippen LogP contribution in [0.25, 0.3) is 5.70 Å². The van der Waals surface area contributed by atoms with Gasteiger partial charge in [-0.15, -0.1) is 0 Å². The molecule has 2 aromatic heterocycles. The monoisotopic (exact) mass is 409 g/mol. The lowest BCUT2D eigenvalue weighted by Gasteiger charge is -2.44. The van der Waals surface area contributed by atoms with Crippen LogP contribution in [0.15, 0.2) is 43.4 Å². The predicted molar refractivity (Wildman–Crippen MR) is 102 cm³/mol. The van der Waals surface area contributed by atoms with Gasteiger partial charge in [0.15, 0.2) is 6.17 Å². The van der Waals surface area contributed by atoms with Crippen molar-refractivity contribution in [2.45, 2.75) is 31.5 Å². The van der Waals surface area contributed by atoms with E-state index in [2.05, 4.69) is 19.9 Å². The first kappa shape index (κ1) is 19.4.